The Morgan fingerprint density at radius 2 is 1.73 bits per heavy atom. The molecule has 0 saturated carbocycles. The Bertz CT molecular complexity index is 1140. The third-order valence-corrected chi connectivity index (χ3v) is 5.52. The molecule has 1 fully saturated rings. The van der Waals surface area contributed by atoms with Crippen molar-refractivity contribution in [1.82, 2.24) is 9.88 Å². The summed E-state index contributed by atoms with van der Waals surface area (Å²) in [6.45, 7) is 1.48. The first kappa shape index (κ1) is 22.5. The Balaban J connectivity index is 1.48. The zero-order valence-electron chi connectivity index (χ0n) is 18.1. The zero-order valence-corrected chi connectivity index (χ0v) is 18.1. The summed E-state index contributed by atoms with van der Waals surface area (Å²) in [6, 6.07) is 10.3. The normalized spacial score (nSPS) is 14.3. The number of hydrogen-bond donors (Lipinski definition) is 0. The minimum atomic E-state index is -4.40. The molecule has 2 aromatic carbocycles. The van der Waals surface area contributed by atoms with Crippen molar-refractivity contribution in [2.75, 3.05) is 45.3 Å². The van der Waals surface area contributed by atoms with Crippen molar-refractivity contribution in [3.8, 4) is 22.8 Å². The molecule has 0 radical (unpaired) electrons. The second-order valence-corrected chi connectivity index (χ2v) is 7.43. The van der Waals surface area contributed by atoms with Crippen LogP contribution in [0.25, 0.3) is 11.3 Å². The molecule has 0 unspecified atom stereocenters. The summed E-state index contributed by atoms with van der Waals surface area (Å²) in [5, 5.41) is 0. The summed E-state index contributed by atoms with van der Waals surface area (Å²) in [4.78, 5) is 20.7. The summed E-state index contributed by atoms with van der Waals surface area (Å²) in [6.07, 6.45) is -3.19. The summed E-state index contributed by atoms with van der Waals surface area (Å²) >= 11 is 0. The number of methoxy groups -OCH3 is 2. The minimum Gasteiger partial charge on any atom is -0.493 e. The number of alkyl halides is 3. The molecule has 1 saturated heterocycles. The number of halogens is 3. The highest BCUT2D eigenvalue weighted by Gasteiger charge is 2.32. The average molecular weight is 461 g/mol. The number of amides is 1. The van der Waals surface area contributed by atoms with Gasteiger partial charge in [-0.3, -0.25) is 4.79 Å². The lowest BCUT2D eigenvalue weighted by Crippen LogP contribution is -2.49. The van der Waals surface area contributed by atoms with Crippen molar-refractivity contribution >= 4 is 11.6 Å². The number of carbonyl (C=O) groups excluding carboxylic acids is 1. The predicted molar refractivity (Wildman–Crippen MR) is 115 cm³/mol. The van der Waals surface area contributed by atoms with Gasteiger partial charge in [0.05, 0.1) is 19.8 Å². The fourth-order valence-electron chi connectivity index (χ4n) is 3.78. The van der Waals surface area contributed by atoms with Crippen molar-refractivity contribution < 1.29 is 31.9 Å². The van der Waals surface area contributed by atoms with E-state index in [-0.39, 0.29) is 11.6 Å². The molecule has 33 heavy (non-hydrogen) atoms. The maximum atomic E-state index is 13.1. The largest absolute Gasteiger partial charge is 0.493 e. The maximum Gasteiger partial charge on any atom is 0.416 e. The Hall–Kier alpha value is -3.69. The van der Waals surface area contributed by atoms with E-state index in [1.165, 1.54) is 26.7 Å². The molecular formula is C23H22F3N3O4. The van der Waals surface area contributed by atoms with E-state index in [1.807, 2.05) is 4.90 Å². The van der Waals surface area contributed by atoms with Crippen molar-refractivity contribution in [2.24, 2.45) is 0 Å². The number of hydrogen-bond acceptors (Lipinski definition) is 6. The predicted octanol–water partition coefficient (Wildman–Crippen LogP) is 4.34. The number of carbonyl (C=O) groups is 1. The lowest BCUT2D eigenvalue weighted by molar-refractivity contribution is -0.137. The van der Waals surface area contributed by atoms with Crippen LogP contribution in [0, 0.1) is 0 Å². The third kappa shape index (κ3) is 4.59. The van der Waals surface area contributed by atoms with Crippen LogP contribution < -0.4 is 14.4 Å². The monoisotopic (exact) mass is 461 g/mol. The van der Waals surface area contributed by atoms with Crippen molar-refractivity contribution in [3.05, 3.63) is 60.1 Å². The van der Waals surface area contributed by atoms with Crippen LogP contribution in [-0.2, 0) is 6.18 Å². The first-order valence-corrected chi connectivity index (χ1v) is 10.2. The molecule has 10 heteroatoms. The van der Waals surface area contributed by atoms with Gasteiger partial charge in [0, 0.05) is 37.4 Å². The Labute approximate surface area is 188 Å². The quantitative estimate of drug-likeness (QED) is 0.563. The van der Waals surface area contributed by atoms with Gasteiger partial charge >= 0.3 is 6.18 Å². The van der Waals surface area contributed by atoms with Crippen LogP contribution in [0.2, 0.25) is 0 Å². The molecule has 2 heterocycles. The number of aromatic nitrogens is 1. The zero-order chi connectivity index (χ0) is 23.6. The van der Waals surface area contributed by atoms with Crippen molar-refractivity contribution in [2.45, 2.75) is 6.18 Å². The van der Waals surface area contributed by atoms with Crippen molar-refractivity contribution in [3.63, 3.8) is 0 Å². The number of ether oxygens (including phenoxy) is 2. The molecule has 1 aromatic heterocycles. The van der Waals surface area contributed by atoms with E-state index in [9.17, 15) is 18.0 Å². The van der Waals surface area contributed by atoms with E-state index >= 15 is 0 Å². The minimum absolute atomic E-state index is 0.162. The van der Waals surface area contributed by atoms with E-state index < -0.39 is 11.7 Å². The van der Waals surface area contributed by atoms with E-state index in [2.05, 4.69) is 4.98 Å². The summed E-state index contributed by atoms with van der Waals surface area (Å²) in [7, 11) is 3.04. The number of rotatable bonds is 5. The number of benzene rings is 2. The topological polar surface area (TPSA) is 68.0 Å². The van der Waals surface area contributed by atoms with Crippen LogP contribution in [0.3, 0.4) is 0 Å². The molecule has 1 aliphatic rings. The highest BCUT2D eigenvalue weighted by atomic mass is 19.4. The molecule has 0 N–H and O–H groups in total. The molecule has 0 atom stereocenters. The highest BCUT2D eigenvalue weighted by Crippen LogP contribution is 2.34. The van der Waals surface area contributed by atoms with Crippen LogP contribution in [0.5, 0.6) is 11.5 Å². The molecule has 4 rings (SSSR count). The Morgan fingerprint density at radius 1 is 1.00 bits per heavy atom. The van der Waals surface area contributed by atoms with Gasteiger partial charge < -0.3 is 23.7 Å². The molecule has 1 aliphatic heterocycles. The Morgan fingerprint density at radius 3 is 2.39 bits per heavy atom. The van der Waals surface area contributed by atoms with Crippen LogP contribution in [0.4, 0.5) is 18.9 Å². The summed E-state index contributed by atoms with van der Waals surface area (Å²) < 4.78 is 55.1. The van der Waals surface area contributed by atoms with E-state index in [4.69, 9.17) is 13.9 Å². The van der Waals surface area contributed by atoms with E-state index in [0.717, 1.165) is 12.1 Å². The first-order chi connectivity index (χ1) is 15.8. The third-order valence-electron chi connectivity index (χ3n) is 5.52. The van der Waals surface area contributed by atoms with Gasteiger partial charge in [-0.15, -0.1) is 0 Å². The fraction of sp³-hybridized carbons (Fsp3) is 0.304. The molecule has 174 valence electrons. The molecular weight excluding hydrogens is 439 g/mol. The SMILES string of the molecule is COc1ccc(-c2ocnc2C(=O)N2CCN(c3cccc(C(F)(F)F)c3)CC2)cc1OC. The lowest BCUT2D eigenvalue weighted by Gasteiger charge is -2.36. The van der Waals surface area contributed by atoms with Crippen LogP contribution >= 0.6 is 0 Å². The number of oxazole rings is 1. The van der Waals surface area contributed by atoms with Gasteiger partial charge in [0.25, 0.3) is 5.91 Å². The van der Waals surface area contributed by atoms with Gasteiger partial charge in [0.15, 0.2) is 29.3 Å². The number of nitrogens with zero attached hydrogens (tertiary/aromatic N) is 3. The molecule has 1 amide bonds. The van der Waals surface area contributed by atoms with Crippen molar-refractivity contribution in [1.29, 1.82) is 0 Å². The van der Waals surface area contributed by atoms with E-state index in [1.54, 1.807) is 29.2 Å². The Kier molecular flexibility index (Phi) is 6.17. The highest BCUT2D eigenvalue weighted by molar-refractivity contribution is 5.98. The molecule has 7 nitrogen and oxygen atoms in total. The average Bonchev–Trinajstić information content (AvgIpc) is 3.33. The first-order valence-electron chi connectivity index (χ1n) is 10.2. The maximum absolute atomic E-state index is 13.1. The fourth-order valence-corrected chi connectivity index (χ4v) is 3.78. The second-order valence-electron chi connectivity index (χ2n) is 7.43. The van der Waals surface area contributed by atoms with Gasteiger partial charge in [-0.1, -0.05) is 6.07 Å². The molecule has 0 spiro atoms. The van der Waals surface area contributed by atoms with Gasteiger partial charge in [0.1, 0.15) is 0 Å². The molecule has 0 aliphatic carbocycles. The van der Waals surface area contributed by atoms with Crippen LogP contribution in [0.15, 0.2) is 53.3 Å². The van der Waals surface area contributed by atoms with E-state index in [0.29, 0.717) is 54.7 Å². The van der Waals surface area contributed by atoms with Gasteiger partial charge in [-0.2, -0.15) is 13.2 Å². The lowest BCUT2D eigenvalue weighted by atomic mass is 10.1. The smallest absolute Gasteiger partial charge is 0.416 e. The second kappa shape index (κ2) is 9.05. The van der Waals surface area contributed by atoms with Gasteiger partial charge in [0.2, 0.25) is 0 Å². The van der Waals surface area contributed by atoms with Gasteiger partial charge in [-0.05, 0) is 36.4 Å². The molecule has 0 bridgehead atoms. The number of anilines is 1. The summed E-state index contributed by atoms with van der Waals surface area (Å²) in [5.74, 6) is 1.03. The van der Waals surface area contributed by atoms with Crippen LogP contribution in [-0.4, -0.2) is 56.2 Å². The van der Waals surface area contributed by atoms with Gasteiger partial charge in [-0.25, -0.2) is 4.98 Å². The molecule has 3 aromatic rings. The number of piperazine rings is 1. The summed E-state index contributed by atoms with van der Waals surface area (Å²) in [5.41, 5.74) is 0.552. The van der Waals surface area contributed by atoms with Crippen LogP contribution in [0.1, 0.15) is 16.1 Å². The standard InChI is InChI=1S/C23H22F3N3O4/c1-31-18-7-6-15(12-19(18)32-2)21-20(27-14-33-21)22(30)29-10-8-28(9-11-29)17-5-3-4-16(13-17)23(24,25)26/h3-7,12-14H,8-11H2,1-2H3.